The fourth-order valence-electron chi connectivity index (χ4n) is 14.3. The number of aliphatic hydroxyl groups is 1. The molecule has 2 aromatic heterocycles. The molecule has 0 radical (unpaired) electrons. The summed E-state index contributed by atoms with van der Waals surface area (Å²) >= 11 is 0. The molecule has 24 N–H and O–H groups in total. The number of carbonyl (C=O) groups is 16. The van der Waals surface area contributed by atoms with Gasteiger partial charge < -0.3 is 121 Å². The third kappa shape index (κ3) is 34.3. The van der Waals surface area contributed by atoms with Gasteiger partial charge in [0.25, 0.3) is 0 Å². The number of carboxylic acid groups (broad SMARTS) is 2. The third-order valence-electron chi connectivity index (χ3n) is 21.4. The van der Waals surface area contributed by atoms with Gasteiger partial charge in [-0.2, -0.15) is 0 Å². The summed E-state index contributed by atoms with van der Waals surface area (Å²) in [5.74, 6) is -18.6. The Kier molecular flexibility index (Phi) is 41.4. The predicted octanol–water partition coefficient (Wildman–Crippen LogP) is -1.36. The lowest BCUT2D eigenvalue weighted by atomic mass is 9.96. The van der Waals surface area contributed by atoms with Crippen molar-refractivity contribution in [1.29, 1.82) is 5.41 Å². The van der Waals surface area contributed by atoms with E-state index in [0.717, 1.165) is 6.92 Å². The van der Waals surface area contributed by atoms with Crippen LogP contribution in [0.15, 0.2) is 104 Å². The number of aromatic amines is 2. The lowest BCUT2D eigenvalue weighted by Crippen LogP contribution is -2.62. The number of hydrogen-bond acceptors (Lipinski definition) is 22. The first kappa shape index (κ1) is 104. The number of aromatic nitrogens is 4. The zero-order valence-corrected chi connectivity index (χ0v) is 74.3. The summed E-state index contributed by atoms with van der Waals surface area (Å²) in [6.07, 6.45) is 3.93. The molecule has 15 atom stereocenters. The van der Waals surface area contributed by atoms with E-state index < -0.39 is 216 Å². The molecule has 1 saturated heterocycles. The summed E-state index contributed by atoms with van der Waals surface area (Å²) < 4.78 is 0. The van der Waals surface area contributed by atoms with E-state index in [-0.39, 0.29) is 113 Å². The number of nitrogens with one attached hydrogen (secondary N) is 17. The number of rotatable bonds is 52. The standard InChI is InChI=1S/C87H125N21O21/c1-12-49(10)72(107-80(122)63(36-53-24-28-57(112)29-25-53)102-82(124)70(47(6)7)105-73(115)58(20-16-30-92-87(88)89)96-78(120)65(39-69(113)114)95-50(11)110)84(126)103-66(38-55-41-91-44-94-55)85(127)108-31-17-21-68(108)81(123)100-61(34-51-18-14-13-15-19-51)75(117)99-64(37-54-40-90-43-93-54)77(119)97-59(32-45(2)3)74(116)98-60(33-46(4)5)79(121)106-71(48(8)9)83(125)101-62(35-52-22-26-56(111)27-23-52)76(118)104-67(42-109)86(128)129/h13-15,18-19,22-29,40-41,43-49,58-68,70-72,109,111-112H,12,16-17,20-21,30-39,42H2,1-11H3,(H,90,93)(H,91,94)(H,95,110)(H,96,120)(H,97,119)(H,98,116)(H,99,117)(H,100,123)(H,101,125)(H,102,124)(H,103,126)(H,104,118)(H,105,115)(H,106,121)(H,107,122)(H,113,114)(H,128,129)(H4,88,89,92). The minimum absolute atomic E-state index is 0.000578. The van der Waals surface area contributed by atoms with Crippen LogP contribution < -0.4 is 80.2 Å². The number of phenolic OH excluding ortho intramolecular Hbond substituents is 2. The molecule has 5 aromatic rings. The molecule has 1 aliphatic rings. The number of guanidine groups is 1. The van der Waals surface area contributed by atoms with Crippen LogP contribution in [0.25, 0.3) is 0 Å². The number of aromatic hydroxyl groups is 2. The van der Waals surface area contributed by atoms with Crippen molar-refractivity contribution >= 4 is 101 Å². The fraction of sp³-hybridized carbons (Fsp3) is 0.529. The summed E-state index contributed by atoms with van der Waals surface area (Å²) in [5, 5.41) is 93.5. The zero-order chi connectivity index (χ0) is 95.5. The van der Waals surface area contributed by atoms with Gasteiger partial charge in [-0.25, -0.2) is 14.8 Å². The van der Waals surface area contributed by atoms with Gasteiger partial charge in [0.2, 0.25) is 82.7 Å². The van der Waals surface area contributed by atoms with Gasteiger partial charge in [0.1, 0.15) is 96.1 Å². The molecule has 1 fully saturated rings. The highest BCUT2D eigenvalue weighted by molar-refractivity contribution is 6.01. The SMILES string of the molecule is CCC(C)C(NC(=O)C(Cc1ccc(O)cc1)NC(=O)C(NC(=O)C(CCCNC(=N)N)NC(=O)C(CC(=O)O)NC(C)=O)C(C)C)C(=O)NC(Cc1cnc[nH]1)C(=O)N1CCCC1C(=O)NC(Cc1ccccc1)C(=O)NC(Cc1cnc[nH]1)C(=O)NC(CC(C)C)C(=O)NC(CC(C)C)C(=O)NC(C(=O)NC(Cc1ccc(O)cc1)C(=O)NC(CO)C(=O)O)C(C)C. The number of phenols is 2. The van der Waals surface area contributed by atoms with Crippen LogP contribution in [0.3, 0.4) is 0 Å². The summed E-state index contributed by atoms with van der Waals surface area (Å²) in [6.45, 7) is 16.9. The molecular formula is C87H125N21O21. The number of aliphatic hydroxyl groups excluding tert-OH is 1. The first-order chi connectivity index (χ1) is 61.0. The summed E-state index contributed by atoms with van der Waals surface area (Å²) in [5.41, 5.74) is 7.55. The fourth-order valence-corrected chi connectivity index (χ4v) is 14.3. The van der Waals surface area contributed by atoms with Crippen molar-refractivity contribution < 1.29 is 102 Å². The van der Waals surface area contributed by atoms with Crippen LogP contribution in [-0.4, -0.2) is 255 Å². The molecule has 6 rings (SSSR count). The largest absolute Gasteiger partial charge is 0.508 e. The normalized spacial score (nSPS) is 15.7. The number of benzene rings is 3. The second-order valence-corrected chi connectivity index (χ2v) is 33.7. The van der Waals surface area contributed by atoms with Crippen molar-refractivity contribution in [3.8, 4) is 11.5 Å². The van der Waals surface area contributed by atoms with E-state index >= 15 is 28.8 Å². The molecule has 0 spiro atoms. The summed E-state index contributed by atoms with van der Waals surface area (Å²) in [6, 6.07) is -0.903. The second-order valence-electron chi connectivity index (χ2n) is 33.7. The molecule has 3 heterocycles. The van der Waals surface area contributed by atoms with E-state index in [4.69, 9.17) is 11.1 Å². The lowest BCUT2D eigenvalue weighted by molar-refractivity contribution is -0.143. The van der Waals surface area contributed by atoms with Gasteiger partial charge in [-0.3, -0.25) is 77.3 Å². The minimum atomic E-state index is -1.74. The Morgan fingerprint density at radius 2 is 0.860 bits per heavy atom. The van der Waals surface area contributed by atoms with Crippen LogP contribution in [-0.2, 0) is 109 Å². The number of H-pyrrole nitrogens is 2. The minimum Gasteiger partial charge on any atom is -0.508 e. The van der Waals surface area contributed by atoms with E-state index in [1.54, 1.807) is 99.6 Å². The maximum atomic E-state index is 15.4. The Hall–Kier alpha value is -13.6. The highest BCUT2D eigenvalue weighted by Gasteiger charge is 2.43. The molecule has 42 nitrogen and oxygen atoms in total. The third-order valence-corrected chi connectivity index (χ3v) is 21.4. The monoisotopic (exact) mass is 1800 g/mol. The molecule has 15 unspecified atom stereocenters. The number of nitrogens with zero attached hydrogens (tertiary/aromatic N) is 3. The smallest absolute Gasteiger partial charge is 0.328 e. The van der Waals surface area contributed by atoms with Gasteiger partial charge >= 0.3 is 11.9 Å². The highest BCUT2D eigenvalue weighted by Crippen LogP contribution is 2.24. The van der Waals surface area contributed by atoms with Crippen molar-refractivity contribution in [2.45, 2.75) is 244 Å². The zero-order valence-electron chi connectivity index (χ0n) is 74.3. The second kappa shape index (κ2) is 51.3. The molecule has 704 valence electrons. The van der Waals surface area contributed by atoms with E-state index in [0.29, 0.717) is 28.1 Å². The topological polar surface area (TPSA) is 653 Å². The van der Waals surface area contributed by atoms with Crippen molar-refractivity contribution in [2.24, 2.45) is 35.3 Å². The molecule has 14 amide bonds. The highest BCUT2D eigenvalue weighted by atomic mass is 16.4. The van der Waals surface area contributed by atoms with Gasteiger partial charge in [0.05, 0.1) is 25.7 Å². The average molecular weight is 1800 g/mol. The van der Waals surface area contributed by atoms with E-state index in [1.807, 2.05) is 0 Å². The molecule has 3 aromatic carbocycles. The maximum Gasteiger partial charge on any atom is 0.328 e. The van der Waals surface area contributed by atoms with Crippen LogP contribution in [0.2, 0.25) is 0 Å². The Morgan fingerprint density at radius 1 is 0.473 bits per heavy atom. The predicted molar refractivity (Wildman–Crippen MR) is 468 cm³/mol. The average Bonchev–Trinajstić information content (AvgIpc) is 1.65. The molecule has 0 aliphatic carbocycles. The van der Waals surface area contributed by atoms with Crippen LogP contribution in [0.4, 0.5) is 0 Å². The Morgan fingerprint density at radius 3 is 1.29 bits per heavy atom. The van der Waals surface area contributed by atoms with Crippen molar-refractivity contribution in [3.05, 3.63) is 132 Å². The molecule has 0 bridgehead atoms. The van der Waals surface area contributed by atoms with E-state index in [9.17, 15) is 73.5 Å². The van der Waals surface area contributed by atoms with Crippen LogP contribution in [0.1, 0.15) is 156 Å². The number of hydrogen-bond donors (Lipinski definition) is 23. The molecule has 42 heteroatoms. The van der Waals surface area contributed by atoms with Crippen molar-refractivity contribution in [1.82, 2.24) is 99.3 Å². The van der Waals surface area contributed by atoms with Gasteiger partial charge in [-0.15, -0.1) is 0 Å². The number of amides is 14. The van der Waals surface area contributed by atoms with Gasteiger partial charge in [0.15, 0.2) is 5.96 Å². The van der Waals surface area contributed by atoms with Crippen LogP contribution in [0, 0.1) is 35.0 Å². The quantitative estimate of drug-likeness (QED) is 0.0121. The Balaban J connectivity index is 1.24. The Labute approximate surface area is 747 Å². The van der Waals surface area contributed by atoms with Crippen molar-refractivity contribution in [3.63, 3.8) is 0 Å². The van der Waals surface area contributed by atoms with E-state index in [2.05, 4.69) is 94.4 Å². The number of likely N-dealkylation sites (tertiary alicyclic amines) is 1. The summed E-state index contributed by atoms with van der Waals surface area (Å²) in [7, 11) is 0. The van der Waals surface area contributed by atoms with Crippen LogP contribution in [0.5, 0.6) is 11.5 Å². The molecular weight excluding hydrogens is 1680 g/mol. The van der Waals surface area contributed by atoms with Gasteiger partial charge in [-0.1, -0.05) is 130 Å². The van der Waals surface area contributed by atoms with Gasteiger partial charge in [-0.05, 0) is 109 Å². The number of carbonyl (C=O) groups excluding carboxylic acids is 14. The lowest BCUT2D eigenvalue weighted by Gasteiger charge is -2.32. The van der Waals surface area contributed by atoms with Gasteiger partial charge in [0, 0.05) is 75.9 Å². The number of aliphatic carboxylic acids is 2. The maximum absolute atomic E-state index is 15.4. The van der Waals surface area contributed by atoms with Crippen LogP contribution >= 0.6 is 0 Å². The first-order valence-electron chi connectivity index (χ1n) is 42.9. The number of imidazole rings is 2. The van der Waals surface area contributed by atoms with E-state index in [1.165, 1.54) is 78.5 Å². The van der Waals surface area contributed by atoms with Crippen molar-refractivity contribution in [2.75, 3.05) is 19.7 Å². The molecule has 129 heavy (non-hydrogen) atoms. The molecule has 1 aliphatic heterocycles. The molecule has 0 saturated carbocycles. The Bertz CT molecular complexity index is 4600. The number of nitrogens with two attached hydrogens (primary N) is 1. The first-order valence-corrected chi connectivity index (χ1v) is 42.9. The number of carboxylic acids is 2. The summed E-state index contributed by atoms with van der Waals surface area (Å²) in [4.78, 5) is 242.